The number of rotatable bonds is 9. The molecule has 3 saturated heterocycles. The maximum absolute atomic E-state index is 14.4. The Bertz CT molecular complexity index is 2310. The fourth-order valence-corrected chi connectivity index (χ4v) is 9.84. The molecule has 1 saturated carbocycles. The van der Waals surface area contributed by atoms with Crippen molar-refractivity contribution in [2.45, 2.75) is 62.0 Å². The molecular formula is C39H43N7O9S. The molecule has 1 aliphatic carbocycles. The maximum Gasteiger partial charge on any atom is 0.293 e. The van der Waals surface area contributed by atoms with E-state index in [2.05, 4.69) is 19.9 Å². The summed E-state index contributed by atoms with van der Waals surface area (Å²) in [7, 11) is -4.58. The van der Waals surface area contributed by atoms with Gasteiger partial charge in [-0.05, 0) is 85.9 Å². The van der Waals surface area contributed by atoms with E-state index in [-0.39, 0.29) is 28.6 Å². The summed E-state index contributed by atoms with van der Waals surface area (Å²) in [6.07, 6.45) is 6.56. The fourth-order valence-electron chi connectivity index (χ4n) is 8.86. The molecule has 9 rings (SSSR count). The summed E-state index contributed by atoms with van der Waals surface area (Å²) in [5.74, 6) is 0.0320. The third-order valence-corrected chi connectivity index (χ3v) is 13.4. The monoisotopic (exact) mass is 785 g/mol. The number of hydrogen-bond acceptors (Lipinski definition) is 13. The smallest absolute Gasteiger partial charge is 0.293 e. The molecule has 4 aromatic rings. The molecule has 3 N–H and O–H groups in total. The van der Waals surface area contributed by atoms with Crippen LogP contribution in [0.15, 0.2) is 59.6 Å². The van der Waals surface area contributed by atoms with Crippen molar-refractivity contribution < 1.29 is 37.1 Å². The highest BCUT2D eigenvalue weighted by Gasteiger charge is 2.46. The van der Waals surface area contributed by atoms with Crippen molar-refractivity contribution in [1.82, 2.24) is 14.7 Å². The molecule has 1 amide bonds. The molecular weight excluding hydrogens is 743 g/mol. The van der Waals surface area contributed by atoms with Gasteiger partial charge >= 0.3 is 0 Å². The average Bonchev–Trinajstić information content (AvgIpc) is 3.65. The first-order valence-corrected chi connectivity index (χ1v) is 20.6. The number of pyridine rings is 1. The van der Waals surface area contributed by atoms with E-state index in [9.17, 15) is 28.1 Å². The number of ether oxygens (including phenoxy) is 3. The van der Waals surface area contributed by atoms with E-state index in [1.165, 1.54) is 12.1 Å². The maximum atomic E-state index is 14.4. The second kappa shape index (κ2) is 14.4. The van der Waals surface area contributed by atoms with Crippen LogP contribution in [-0.2, 0) is 24.3 Å². The Morgan fingerprint density at radius 2 is 1.79 bits per heavy atom. The van der Waals surface area contributed by atoms with E-state index in [1.807, 2.05) is 29.2 Å². The Balaban J connectivity index is 1.06. The van der Waals surface area contributed by atoms with E-state index in [0.29, 0.717) is 80.9 Å². The third kappa shape index (κ3) is 6.81. The fraction of sp³-hybridized carbons (Fsp3) is 0.462. The van der Waals surface area contributed by atoms with Gasteiger partial charge in [0.15, 0.2) is 0 Å². The molecule has 2 aromatic carbocycles. The van der Waals surface area contributed by atoms with Crippen LogP contribution in [-0.4, -0.2) is 93.2 Å². The van der Waals surface area contributed by atoms with Gasteiger partial charge < -0.3 is 34.3 Å². The highest BCUT2D eigenvalue weighted by molar-refractivity contribution is 7.90. The van der Waals surface area contributed by atoms with Crippen LogP contribution in [0.3, 0.4) is 0 Å². The Morgan fingerprint density at radius 1 is 1.00 bits per heavy atom. The Labute approximate surface area is 323 Å². The number of carbonyl (C=O) groups is 2. The average molecular weight is 786 g/mol. The van der Waals surface area contributed by atoms with E-state index < -0.39 is 37.5 Å². The van der Waals surface area contributed by atoms with Crippen molar-refractivity contribution in [2.24, 2.45) is 11.3 Å². The normalized spacial score (nSPS) is 22.2. The standard InChI is InChI=1S/C39H43N7O9S/c47-27-20-39(21-27)9-12-44(13-10-39)26-1-3-29(32(18-26)45-31-8-16-54-23-35(31)55-38-34(45)17-25-5-11-40-36(25)42-38)37(48)43-56(51,52)28-2-4-30(33(19-28)46(49)50)41-22-24-6-14-53-15-7-24/h1-5,11,17-19,24,31,35,41H,6-10,12-16,20-23H2,(H,40,42)(H,43,48)/t31-,35-/m0/s1. The molecule has 294 valence electrons. The van der Waals surface area contributed by atoms with Crippen LogP contribution in [0.1, 0.15) is 55.3 Å². The number of piperidine rings is 1. The number of aromatic amines is 1. The highest BCUT2D eigenvalue weighted by Crippen LogP contribution is 2.49. The minimum Gasteiger partial charge on any atom is -0.468 e. The second-order valence-electron chi connectivity index (χ2n) is 15.6. The molecule has 2 aromatic heterocycles. The van der Waals surface area contributed by atoms with Crippen LogP contribution in [0, 0.1) is 21.4 Å². The van der Waals surface area contributed by atoms with Gasteiger partial charge in [0.2, 0.25) is 5.88 Å². The number of nitro groups is 1. The van der Waals surface area contributed by atoms with Crippen LogP contribution >= 0.6 is 0 Å². The van der Waals surface area contributed by atoms with Gasteiger partial charge in [0.1, 0.15) is 28.9 Å². The topological polar surface area (TPSA) is 198 Å². The number of carbonyl (C=O) groups excluding carboxylic acids is 2. The van der Waals surface area contributed by atoms with Gasteiger partial charge in [0, 0.05) is 75.6 Å². The molecule has 1 spiro atoms. The largest absolute Gasteiger partial charge is 0.468 e. The lowest BCUT2D eigenvalue weighted by Crippen LogP contribution is -2.53. The van der Waals surface area contributed by atoms with Crippen molar-refractivity contribution in [1.29, 1.82) is 0 Å². The zero-order valence-corrected chi connectivity index (χ0v) is 31.5. The summed E-state index contributed by atoms with van der Waals surface area (Å²) in [4.78, 5) is 49.5. The minimum atomic E-state index is -4.58. The summed E-state index contributed by atoms with van der Waals surface area (Å²) < 4.78 is 47.6. The summed E-state index contributed by atoms with van der Waals surface area (Å²) in [6, 6.07) is 12.5. The highest BCUT2D eigenvalue weighted by atomic mass is 32.2. The summed E-state index contributed by atoms with van der Waals surface area (Å²) in [5, 5.41) is 16.1. The molecule has 5 aliphatic rings. The number of aromatic nitrogens is 2. The van der Waals surface area contributed by atoms with E-state index >= 15 is 0 Å². The van der Waals surface area contributed by atoms with Gasteiger partial charge in [-0.3, -0.25) is 19.7 Å². The SMILES string of the molecule is O=C1CC2(CCN(c3ccc(C(=O)NS(=O)(=O)c4ccc(NCC5CCOCC5)c([N+](=O)[O-])c4)c(N4c5cc6cc[nH]c6nc5O[C@H]5COCC[C@@H]54)c3)CC2)C1. The zero-order chi connectivity index (χ0) is 38.6. The van der Waals surface area contributed by atoms with E-state index in [4.69, 9.17) is 19.2 Å². The van der Waals surface area contributed by atoms with Crippen molar-refractivity contribution in [3.63, 3.8) is 0 Å². The predicted molar refractivity (Wildman–Crippen MR) is 206 cm³/mol. The van der Waals surface area contributed by atoms with Gasteiger partial charge in [-0.15, -0.1) is 0 Å². The van der Waals surface area contributed by atoms with Gasteiger partial charge in [-0.2, -0.15) is 4.98 Å². The van der Waals surface area contributed by atoms with Gasteiger partial charge in [0.25, 0.3) is 21.6 Å². The third-order valence-electron chi connectivity index (χ3n) is 12.0. The number of nitro benzene ring substituents is 1. The first kappa shape index (κ1) is 36.4. The quantitative estimate of drug-likeness (QED) is 0.150. The predicted octanol–water partition coefficient (Wildman–Crippen LogP) is 5.07. The number of hydrogen-bond donors (Lipinski definition) is 3. The first-order chi connectivity index (χ1) is 27.1. The van der Waals surface area contributed by atoms with Crippen LogP contribution in [0.4, 0.5) is 28.4 Å². The molecule has 17 heteroatoms. The molecule has 56 heavy (non-hydrogen) atoms. The van der Waals surface area contributed by atoms with E-state index in [1.54, 1.807) is 12.3 Å². The van der Waals surface area contributed by atoms with Gasteiger partial charge in [-0.25, -0.2) is 13.1 Å². The minimum absolute atomic E-state index is 0.0603. The van der Waals surface area contributed by atoms with Crippen molar-refractivity contribution in [3.8, 4) is 5.88 Å². The zero-order valence-electron chi connectivity index (χ0n) is 30.7. The Morgan fingerprint density at radius 3 is 2.55 bits per heavy atom. The van der Waals surface area contributed by atoms with Crippen molar-refractivity contribution in [2.75, 3.05) is 61.2 Å². The number of benzene rings is 2. The summed E-state index contributed by atoms with van der Waals surface area (Å²) >= 11 is 0. The number of Topliss-reactive ketones (excluding diaryl/α,β-unsaturated/α-hetero) is 1. The van der Waals surface area contributed by atoms with Crippen LogP contribution in [0.2, 0.25) is 0 Å². The molecule has 6 heterocycles. The molecule has 4 aliphatic heterocycles. The van der Waals surface area contributed by atoms with Crippen molar-refractivity contribution >= 4 is 61.2 Å². The Kier molecular flexibility index (Phi) is 9.32. The van der Waals surface area contributed by atoms with Crippen LogP contribution in [0.5, 0.6) is 5.88 Å². The lowest BCUT2D eigenvalue weighted by molar-refractivity contribution is -0.384. The lowest BCUT2D eigenvalue weighted by Gasteiger charge is -2.48. The van der Waals surface area contributed by atoms with Crippen molar-refractivity contribution in [3.05, 3.63) is 70.4 Å². The Hall–Kier alpha value is -5.26. The number of H-pyrrole nitrogens is 1. The second-order valence-corrected chi connectivity index (χ2v) is 17.3. The number of ketones is 1. The van der Waals surface area contributed by atoms with E-state index in [0.717, 1.165) is 55.9 Å². The number of amides is 1. The molecule has 4 fully saturated rings. The number of anilines is 4. The first-order valence-electron chi connectivity index (χ1n) is 19.2. The number of fused-ring (bicyclic) bond motifs is 3. The lowest BCUT2D eigenvalue weighted by atomic mass is 9.62. The summed E-state index contributed by atoms with van der Waals surface area (Å²) in [5.41, 5.74) is 2.51. The number of nitrogens with one attached hydrogen (secondary N) is 3. The molecule has 2 atom stereocenters. The van der Waals surface area contributed by atoms with Crippen LogP contribution in [0.25, 0.3) is 11.0 Å². The number of nitrogens with zero attached hydrogens (tertiary/aromatic N) is 4. The molecule has 0 radical (unpaired) electrons. The van der Waals surface area contributed by atoms with Gasteiger partial charge in [-0.1, -0.05) is 0 Å². The molecule has 0 bridgehead atoms. The van der Waals surface area contributed by atoms with Crippen LogP contribution < -0.4 is 24.6 Å². The number of sulfonamides is 1. The molecule has 16 nitrogen and oxygen atoms in total. The summed E-state index contributed by atoms with van der Waals surface area (Å²) in [6.45, 7) is 3.95. The van der Waals surface area contributed by atoms with Gasteiger partial charge in [0.05, 0.1) is 33.7 Å². The molecule has 0 unspecified atom stereocenters.